The van der Waals surface area contributed by atoms with Crippen molar-refractivity contribution >= 4 is 5.91 Å². The van der Waals surface area contributed by atoms with E-state index in [2.05, 4.69) is 31.2 Å². The predicted octanol–water partition coefficient (Wildman–Crippen LogP) is 1.23. The van der Waals surface area contributed by atoms with Crippen molar-refractivity contribution in [3.05, 3.63) is 18.0 Å². The van der Waals surface area contributed by atoms with Crippen molar-refractivity contribution in [2.24, 2.45) is 18.9 Å². The molecule has 0 bridgehead atoms. The highest BCUT2D eigenvalue weighted by Crippen LogP contribution is 2.29. The second kappa shape index (κ2) is 6.39. The van der Waals surface area contributed by atoms with Crippen LogP contribution >= 0.6 is 0 Å². The van der Waals surface area contributed by atoms with Crippen LogP contribution in [0.2, 0.25) is 0 Å². The average molecular weight is 278 g/mol. The second-order valence-corrected chi connectivity index (χ2v) is 6.09. The monoisotopic (exact) mass is 278 g/mol. The van der Waals surface area contributed by atoms with E-state index in [4.69, 9.17) is 0 Å². The van der Waals surface area contributed by atoms with Gasteiger partial charge < -0.3 is 10.2 Å². The van der Waals surface area contributed by atoms with Gasteiger partial charge in [0.05, 0.1) is 12.1 Å². The third kappa shape index (κ3) is 3.20. The molecule has 0 spiro atoms. The van der Waals surface area contributed by atoms with E-state index in [0.717, 1.165) is 31.7 Å². The number of hydrogen-bond donors (Lipinski definition) is 1. The van der Waals surface area contributed by atoms with Gasteiger partial charge in [0, 0.05) is 45.3 Å². The van der Waals surface area contributed by atoms with Gasteiger partial charge in [0.25, 0.3) is 0 Å². The van der Waals surface area contributed by atoms with Crippen LogP contribution in [-0.2, 0) is 11.8 Å². The minimum Gasteiger partial charge on any atom is -0.342 e. The SMILES string of the molecule is CCN(CC(C)C)C(=O)[C@H]1CNC[C@@H]1c1cnn(C)c1. The Labute approximate surface area is 121 Å². The summed E-state index contributed by atoms with van der Waals surface area (Å²) >= 11 is 0. The number of carbonyl (C=O) groups is 1. The molecule has 2 rings (SSSR count). The number of hydrogen-bond acceptors (Lipinski definition) is 3. The van der Waals surface area contributed by atoms with Crippen LogP contribution in [0.25, 0.3) is 0 Å². The molecule has 1 saturated heterocycles. The lowest BCUT2D eigenvalue weighted by atomic mass is 9.89. The smallest absolute Gasteiger partial charge is 0.227 e. The molecule has 1 aromatic rings. The zero-order valence-electron chi connectivity index (χ0n) is 13.0. The molecular weight excluding hydrogens is 252 g/mol. The van der Waals surface area contributed by atoms with Gasteiger partial charge >= 0.3 is 0 Å². The Morgan fingerprint density at radius 2 is 2.30 bits per heavy atom. The minimum absolute atomic E-state index is 0.0397. The number of amides is 1. The summed E-state index contributed by atoms with van der Waals surface area (Å²) in [6.45, 7) is 9.62. The Kier molecular flexibility index (Phi) is 4.81. The molecule has 5 heteroatoms. The van der Waals surface area contributed by atoms with Gasteiger partial charge in [-0.25, -0.2) is 0 Å². The summed E-state index contributed by atoms with van der Waals surface area (Å²) < 4.78 is 1.81. The molecular formula is C15H26N4O. The van der Waals surface area contributed by atoms with Crippen LogP contribution < -0.4 is 5.32 Å². The van der Waals surface area contributed by atoms with E-state index in [1.54, 1.807) is 4.68 Å². The molecule has 0 aliphatic carbocycles. The van der Waals surface area contributed by atoms with Gasteiger partial charge in [-0.3, -0.25) is 9.48 Å². The molecule has 2 heterocycles. The van der Waals surface area contributed by atoms with Gasteiger partial charge in [0.15, 0.2) is 0 Å². The summed E-state index contributed by atoms with van der Waals surface area (Å²) in [5, 5.41) is 7.59. The average Bonchev–Trinajstić information content (AvgIpc) is 3.02. The normalized spacial score (nSPS) is 22.4. The molecule has 2 atom stereocenters. The Bertz CT molecular complexity index is 454. The molecule has 1 amide bonds. The molecule has 1 aliphatic heterocycles. The topological polar surface area (TPSA) is 50.2 Å². The largest absolute Gasteiger partial charge is 0.342 e. The van der Waals surface area contributed by atoms with Gasteiger partial charge in [0.1, 0.15) is 0 Å². The van der Waals surface area contributed by atoms with Gasteiger partial charge in [-0.2, -0.15) is 5.10 Å². The third-order valence-corrected chi connectivity index (χ3v) is 3.96. The molecule has 1 fully saturated rings. The number of aryl methyl sites for hydroxylation is 1. The van der Waals surface area contributed by atoms with Gasteiger partial charge in [-0.1, -0.05) is 13.8 Å². The molecule has 1 aliphatic rings. The Hall–Kier alpha value is -1.36. The number of carbonyl (C=O) groups excluding carboxylic acids is 1. The predicted molar refractivity (Wildman–Crippen MR) is 79.4 cm³/mol. The highest BCUT2D eigenvalue weighted by atomic mass is 16.2. The summed E-state index contributed by atoms with van der Waals surface area (Å²) in [5.41, 5.74) is 1.16. The first-order valence-corrected chi connectivity index (χ1v) is 7.51. The minimum atomic E-state index is 0.0397. The number of nitrogens with one attached hydrogen (secondary N) is 1. The quantitative estimate of drug-likeness (QED) is 0.881. The maximum absolute atomic E-state index is 12.8. The van der Waals surface area contributed by atoms with Crippen molar-refractivity contribution < 1.29 is 4.79 Å². The Morgan fingerprint density at radius 1 is 1.55 bits per heavy atom. The van der Waals surface area contributed by atoms with Crippen molar-refractivity contribution in [1.82, 2.24) is 20.0 Å². The number of aromatic nitrogens is 2. The van der Waals surface area contributed by atoms with Gasteiger partial charge in [-0.15, -0.1) is 0 Å². The molecule has 20 heavy (non-hydrogen) atoms. The first-order chi connectivity index (χ1) is 9.52. The first-order valence-electron chi connectivity index (χ1n) is 7.51. The van der Waals surface area contributed by atoms with Crippen molar-refractivity contribution in [1.29, 1.82) is 0 Å². The summed E-state index contributed by atoms with van der Waals surface area (Å²) in [4.78, 5) is 14.8. The van der Waals surface area contributed by atoms with Crippen LogP contribution in [0.15, 0.2) is 12.4 Å². The fraction of sp³-hybridized carbons (Fsp3) is 0.733. The van der Waals surface area contributed by atoms with E-state index in [9.17, 15) is 4.79 Å². The van der Waals surface area contributed by atoms with E-state index in [1.807, 2.05) is 24.3 Å². The van der Waals surface area contributed by atoms with Crippen LogP contribution in [0.3, 0.4) is 0 Å². The zero-order valence-corrected chi connectivity index (χ0v) is 13.0. The summed E-state index contributed by atoms with van der Waals surface area (Å²) in [6.07, 6.45) is 3.91. The lowest BCUT2D eigenvalue weighted by molar-refractivity contribution is -0.135. The van der Waals surface area contributed by atoms with Crippen LogP contribution in [0.5, 0.6) is 0 Å². The van der Waals surface area contributed by atoms with Crippen LogP contribution in [0.1, 0.15) is 32.3 Å². The fourth-order valence-electron chi connectivity index (χ4n) is 2.97. The fourth-order valence-corrected chi connectivity index (χ4v) is 2.97. The maximum Gasteiger partial charge on any atom is 0.227 e. The molecule has 112 valence electrons. The van der Waals surface area contributed by atoms with Crippen LogP contribution in [0.4, 0.5) is 0 Å². The van der Waals surface area contributed by atoms with Crippen molar-refractivity contribution in [3.8, 4) is 0 Å². The lowest BCUT2D eigenvalue weighted by Crippen LogP contribution is -2.40. The summed E-state index contributed by atoms with van der Waals surface area (Å²) in [6, 6.07) is 0. The zero-order chi connectivity index (χ0) is 14.7. The van der Waals surface area contributed by atoms with Crippen LogP contribution in [0, 0.1) is 11.8 Å². The van der Waals surface area contributed by atoms with Gasteiger partial charge in [0.2, 0.25) is 5.91 Å². The van der Waals surface area contributed by atoms with Gasteiger partial charge in [-0.05, 0) is 18.4 Å². The van der Waals surface area contributed by atoms with Crippen molar-refractivity contribution in [2.75, 3.05) is 26.2 Å². The highest BCUT2D eigenvalue weighted by molar-refractivity contribution is 5.80. The highest BCUT2D eigenvalue weighted by Gasteiger charge is 2.36. The van der Waals surface area contributed by atoms with E-state index in [-0.39, 0.29) is 17.7 Å². The van der Waals surface area contributed by atoms with E-state index in [0.29, 0.717) is 5.92 Å². The molecule has 0 radical (unpaired) electrons. The molecule has 0 saturated carbocycles. The van der Waals surface area contributed by atoms with Crippen LogP contribution in [-0.4, -0.2) is 46.8 Å². The Balaban J connectivity index is 2.11. The van der Waals surface area contributed by atoms with E-state index < -0.39 is 0 Å². The Morgan fingerprint density at radius 3 is 2.85 bits per heavy atom. The van der Waals surface area contributed by atoms with Crippen molar-refractivity contribution in [2.45, 2.75) is 26.7 Å². The number of nitrogens with zero attached hydrogens (tertiary/aromatic N) is 3. The number of rotatable bonds is 5. The molecule has 0 unspecified atom stereocenters. The van der Waals surface area contributed by atoms with E-state index >= 15 is 0 Å². The van der Waals surface area contributed by atoms with E-state index in [1.165, 1.54) is 0 Å². The second-order valence-electron chi connectivity index (χ2n) is 6.09. The lowest BCUT2D eigenvalue weighted by Gasteiger charge is -2.28. The summed E-state index contributed by atoms with van der Waals surface area (Å²) in [5.74, 6) is 1.07. The standard InChI is InChI=1S/C15H26N4O/c1-5-19(9-11(2)3)15(20)14-8-16-7-13(14)12-6-17-18(4)10-12/h6,10-11,13-14,16H,5,7-9H2,1-4H3/t13-,14+/m1/s1. The summed E-state index contributed by atoms with van der Waals surface area (Å²) in [7, 11) is 1.92. The molecule has 1 N–H and O–H groups in total. The third-order valence-electron chi connectivity index (χ3n) is 3.96. The molecule has 1 aromatic heterocycles. The van der Waals surface area contributed by atoms with Crippen molar-refractivity contribution in [3.63, 3.8) is 0 Å². The molecule has 5 nitrogen and oxygen atoms in total. The molecule has 0 aromatic carbocycles. The first kappa shape index (κ1) is 15.0. The maximum atomic E-state index is 12.8.